The lowest BCUT2D eigenvalue weighted by atomic mass is 10.2. The fourth-order valence-electron chi connectivity index (χ4n) is 2.88. The molecule has 0 aliphatic heterocycles. The SMILES string of the molecule is CCOCCCn1c(N/N=C\c2ccccc2OC(F)F)nc2ccccc2c1=O. The number of anilines is 1. The van der Waals surface area contributed by atoms with Gasteiger partial charge in [-0.3, -0.25) is 9.36 Å². The maximum Gasteiger partial charge on any atom is 0.387 e. The molecule has 2 aromatic carbocycles. The van der Waals surface area contributed by atoms with Crippen molar-refractivity contribution in [1.29, 1.82) is 0 Å². The molecule has 1 aromatic heterocycles. The first-order valence-electron chi connectivity index (χ1n) is 9.50. The Kier molecular flexibility index (Phi) is 7.45. The van der Waals surface area contributed by atoms with Gasteiger partial charge in [0.2, 0.25) is 5.95 Å². The number of nitrogens with one attached hydrogen (secondary N) is 1. The predicted octanol–water partition coefficient (Wildman–Crippen LogP) is 3.87. The summed E-state index contributed by atoms with van der Waals surface area (Å²) in [5.74, 6) is 0.248. The van der Waals surface area contributed by atoms with E-state index in [9.17, 15) is 13.6 Å². The third kappa shape index (κ3) is 5.38. The van der Waals surface area contributed by atoms with Crippen molar-refractivity contribution in [3.63, 3.8) is 0 Å². The number of nitrogens with zero attached hydrogens (tertiary/aromatic N) is 3. The number of ether oxygens (including phenoxy) is 2. The van der Waals surface area contributed by atoms with E-state index in [1.54, 1.807) is 42.5 Å². The van der Waals surface area contributed by atoms with Crippen molar-refractivity contribution in [3.8, 4) is 5.75 Å². The van der Waals surface area contributed by atoms with Crippen molar-refractivity contribution in [2.45, 2.75) is 26.5 Å². The molecule has 3 aromatic rings. The standard InChI is InChI=1S/C21H22F2N4O3/c1-2-29-13-7-12-27-19(28)16-9-4-5-10-17(16)25-21(27)26-24-14-15-8-3-6-11-18(15)30-20(22)23/h3-6,8-11,14,20H,2,7,12-13H2,1H3,(H,25,26)/b24-14-. The quantitative estimate of drug-likeness (QED) is 0.308. The molecule has 3 rings (SSSR count). The molecule has 9 heteroatoms. The minimum absolute atomic E-state index is 0.00127. The number of rotatable bonds is 10. The van der Waals surface area contributed by atoms with Gasteiger partial charge < -0.3 is 9.47 Å². The summed E-state index contributed by atoms with van der Waals surface area (Å²) in [6.07, 6.45) is 1.96. The van der Waals surface area contributed by atoms with Crippen LogP contribution >= 0.6 is 0 Å². The van der Waals surface area contributed by atoms with Crippen LogP contribution in [-0.2, 0) is 11.3 Å². The molecule has 0 amide bonds. The molecule has 0 aliphatic carbocycles. The highest BCUT2D eigenvalue weighted by Crippen LogP contribution is 2.18. The van der Waals surface area contributed by atoms with E-state index in [2.05, 4.69) is 20.2 Å². The molecule has 0 unspecified atom stereocenters. The van der Waals surface area contributed by atoms with Crippen molar-refractivity contribution in [2.75, 3.05) is 18.6 Å². The second kappa shape index (κ2) is 10.4. The highest BCUT2D eigenvalue weighted by molar-refractivity contribution is 5.84. The topological polar surface area (TPSA) is 77.7 Å². The molecule has 0 bridgehead atoms. The number of fused-ring (bicyclic) bond motifs is 1. The van der Waals surface area contributed by atoms with E-state index < -0.39 is 6.61 Å². The summed E-state index contributed by atoms with van der Waals surface area (Å²) in [7, 11) is 0. The molecule has 0 saturated carbocycles. The van der Waals surface area contributed by atoms with Crippen molar-refractivity contribution >= 4 is 23.1 Å². The summed E-state index contributed by atoms with van der Waals surface area (Å²) in [5, 5.41) is 4.58. The molecule has 0 fully saturated rings. The summed E-state index contributed by atoms with van der Waals surface area (Å²) in [6.45, 7) is 0.461. The van der Waals surface area contributed by atoms with Gasteiger partial charge in [-0.1, -0.05) is 24.3 Å². The van der Waals surface area contributed by atoms with Crippen LogP contribution < -0.4 is 15.7 Å². The van der Waals surface area contributed by atoms with Crippen LogP contribution in [0.4, 0.5) is 14.7 Å². The molecule has 7 nitrogen and oxygen atoms in total. The predicted molar refractivity (Wildman–Crippen MR) is 111 cm³/mol. The molecular formula is C21H22F2N4O3. The lowest BCUT2D eigenvalue weighted by Gasteiger charge is -2.13. The monoisotopic (exact) mass is 416 g/mol. The molecule has 0 atom stereocenters. The Morgan fingerprint density at radius 2 is 1.97 bits per heavy atom. The maximum absolute atomic E-state index is 12.9. The average molecular weight is 416 g/mol. The molecule has 0 saturated heterocycles. The van der Waals surface area contributed by atoms with Crippen molar-refractivity contribution in [3.05, 3.63) is 64.4 Å². The first kappa shape index (κ1) is 21.4. The van der Waals surface area contributed by atoms with Gasteiger partial charge in [0.15, 0.2) is 0 Å². The van der Waals surface area contributed by atoms with E-state index in [4.69, 9.17) is 4.74 Å². The highest BCUT2D eigenvalue weighted by atomic mass is 19.3. The maximum atomic E-state index is 12.9. The molecular weight excluding hydrogens is 394 g/mol. The van der Waals surface area contributed by atoms with Crippen LogP contribution in [0.2, 0.25) is 0 Å². The lowest BCUT2D eigenvalue weighted by molar-refractivity contribution is -0.0499. The van der Waals surface area contributed by atoms with Gasteiger partial charge in [-0.05, 0) is 37.6 Å². The Labute approximate surface area is 172 Å². The zero-order valence-corrected chi connectivity index (χ0v) is 16.4. The summed E-state index contributed by atoms with van der Waals surface area (Å²) in [4.78, 5) is 17.4. The Morgan fingerprint density at radius 3 is 2.77 bits per heavy atom. The number of hydrogen-bond acceptors (Lipinski definition) is 6. The Hall–Kier alpha value is -3.33. The number of halogens is 2. The summed E-state index contributed by atoms with van der Waals surface area (Å²) in [5.41, 5.74) is 3.44. The number of hydrogen-bond donors (Lipinski definition) is 1. The minimum Gasteiger partial charge on any atom is -0.434 e. The van der Waals surface area contributed by atoms with Crippen LogP contribution in [0.15, 0.2) is 58.4 Å². The molecule has 0 spiro atoms. The Balaban J connectivity index is 1.87. The summed E-state index contributed by atoms with van der Waals surface area (Å²) in [6, 6.07) is 13.3. The van der Waals surface area contributed by atoms with E-state index in [0.717, 1.165) is 0 Å². The number of para-hydroxylation sites is 2. The molecule has 1 heterocycles. The van der Waals surface area contributed by atoms with Gasteiger partial charge in [0.05, 0.1) is 17.1 Å². The first-order chi connectivity index (χ1) is 14.6. The van der Waals surface area contributed by atoms with E-state index in [0.29, 0.717) is 42.6 Å². The molecule has 0 aliphatic rings. The fourth-order valence-corrected chi connectivity index (χ4v) is 2.88. The third-order valence-corrected chi connectivity index (χ3v) is 4.24. The lowest BCUT2D eigenvalue weighted by Crippen LogP contribution is -2.25. The number of hydrazone groups is 1. The second-order valence-corrected chi connectivity index (χ2v) is 6.25. The fraction of sp³-hybridized carbons (Fsp3) is 0.286. The van der Waals surface area contributed by atoms with Crippen molar-refractivity contribution in [1.82, 2.24) is 9.55 Å². The van der Waals surface area contributed by atoms with Gasteiger partial charge in [0.1, 0.15) is 5.75 Å². The third-order valence-electron chi connectivity index (χ3n) is 4.24. The van der Waals surface area contributed by atoms with Gasteiger partial charge in [-0.2, -0.15) is 13.9 Å². The van der Waals surface area contributed by atoms with E-state index in [-0.39, 0.29) is 17.3 Å². The molecule has 158 valence electrons. The average Bonchev–Trinajstić information content (AvgIpc) is 2.74. The smallest absolute Gasteiger partial charge is 0.387 e. The Bertz CT molecular complexity index is 1070. The van der Waals surface area contributed by atoms with Crippen molar-refractivity contribution < 1.29 is 18.3 Å². The van der Waals surface area contributed by atoms with Gasteiger partial charge in [-0.25, -0.2) is 10.4 Å². The van der Waals surface area contributed by atoms with Gasteiger partial charge in [0.25, 0.3) is 5.56 Å². The van der Waals surface area contributed by atoms with Crippen LogP contribution in [0.1, 0.15) is 18.9 Å². The van der Waals surface area contributed by atoms with Gasteiger partial charge >= 0.3 is 6.61 Å². The molecule has 1 N–H and O–H groups in total. The zero-order chi connectivity index (χ0) is 21.3. The largest absolute Gasteiger partial charge is 0.434 e. The Morgan fingerprint density at radius 1 is 1.20 bits per heavy atom. The number of benzene rings is 2. The van der Waals surface area contributed by atoms with E-state index >= 15 is 0 Å². The van der Waals surface area contributed by atoms with Crippen LogP contribution in [0.5, 0.6) is 5.75 Å². The minimum atomic E-state index is -2.94. The molecule has 0 radical (unpaired) electrons. The van der Waals surface area contributed by atoms with Crippen molar-refractivity contribution in [2.24, 2.45) is 5.10 Å². The highest BCUT2D eigenvalue weighted by Gasteiger charge is 2.11. The number of aromatic nitrogens is 2. The normalized spacial score (nSPS) is 11.5. The second-order valence-electron chi connectivity index (χ2n) is 6.25. The van der Waals surface area contributed by atoms with Crippen LogP contribution in [0.3, 0.4) is 0 Å². The zero-order valence-electron chi connectivity index (χ0n) is 16.4. The van der Waals surface area contributed by atoms with E-state index in [1.807, 2.05) is 6.92 Å². The van der Waals surface area contributed by atoms with Crippen LogP contribution in [0.25, 0.3) is 10.9 Å². The van der Waals surface area contributed by atoms with Gasteiger partial charge in [0, 0.05) is 25.3 Å². The molecule has 30 heavy (non-hydrogen) atoms. The first-order valence-corrected chi connectivity index (χ1v) is 9.50. The summed E-state index contributed by atoms with van der Waals surface area (Å²) >= 11 is 0. The van der Waals surface area contributed by atoms with Gasteiger partial charge in [-0.15, -0.1) is 0 Å². The number of alkyl halides is 2. The summed E-state index contributed by atoms with van der Waals surface area (Å²) < 4.78 is 36.5. The van der Waals surface area contributed by atoms with Crippen LogP contribution in [0, 0.1) is 0 Å². The van der Waals surface area contributed by atoms with E-state index in [1.165, 1.54) is 16.8 Å². The van der Waals surface area contributed by atoms with Crippen LogP contribution in [-0.4, -0.2) is 35.6 Å².